The maximum absolute atomic E-state index is 13.3. The van der Waals surface area contributed by atoms with Crippen molar-refractivity contribution in [3.05, 3.63) is 64.6 Å². The van der Waals surface area contributed by atoms with Crippen molar-refractivity contribution in [3.8, 4) is 0 Å². The smallest absolute Gasteiger partial charge is 0.198 e. The van der Waals surface area contributed by atoms with Crippen LogP contribution < -0.4 is 5.73 Å². The molecule has 1 aromatic heterocycles. The SMILES string of the molecule is Nc1cccc(Cl)c1C(=O)c1c[nH]c2ccc(F)cc12. The zero-order valence-electron chi connectivity index (χ0n) is 10.3. The van der Waals surface area contributed by atoms with E-state index in [1.807, 2.05) is 0 Å². The second kappa shape index (κ2) is 4.65. The van der Waals surface area contributed by atoms with Crippen molar-refractivity contribution >= 4 is 34.0 Å². The molecule has 3 aromatic rings. The highest BCUT2D eigenvalue weighted by molar-refractivity contribution is 6.36. The molecule has 0 aliphatic carbocycles. The zero-order chi connectivity index (χ0) is 14.3. The first-order chi connectivity index (χ1) is 9.58. The third-order valence-corrected chi connectivity index (χ3v) is 3.48. The number of ketones is 1. The van der Waals surface area contributed by atoms with Gasteiger partial charge in [-0.25, -0.2) is 4.39 Å². The fourth-order valence-electron chi connectivity index (χ4n) is 2.20. The molecule has 0 atom stereocenters. The summed E-state index contributed by atoms with van der Waals surface area (Å²) in [5, 5.41) is 0.787. The van der Waals surface area contributed by atoms with Gasteiger partial charge in [0.15, 0.2) is 5.78 Å². The lowest BCUT2D eigenvalue weighted by Crippen LogP contribution is -2.05. The van der Waals surface area contributed by atoms with Crippen LogP contribution in [0.3, 0.4) is 0 Å². The van der Waals surface area contributed by atoms with Crippen LogP contribution in [0, 0.1) is 5.82 Å². The number of carbonyl (C=O) groups is 1. The lowest BCUT2D eigenvalue weighted by Gasteiger charge is -2.06. The molecule has 0 aliphatic heterocycles. The van der Waals surface area contributed by atoms with E-state index in [2.05, 4.69) is 4.98 Å². The quantitative estimate of drug-likeness (QED) is 0.557. The monoisotopic (exact) mass is 288 g/mol. The summed E-state index contributed by atoms with van der Waals surface area (Å²) in [4.78, 5) is 15.5. The van der Waals surface area contributed by atoms with E-state index in [4.69, 9.17) is 17.3 Å². The highest BCUT2D eigenvalue weighted by atomic mass is 35.5. The Labute approximate surface area is 119 Å². The molecule has 1 heterocycles. The summed E-state index contributed by atoms with van der Waals surface area (Å²) in [6.07, 6.45) is 1.54. The summed E-state index contributed by atoms with van der Waals surface area (Å²) in [5.74, 6) is -0.733. The lowest BCUT2D eigenvalue weighted by atomic mass is 10.0. The molecule has 0 fully saturated rings. The van der Waals surface area contributed by atoms with Crippen molar-refractivity contribution in [2.75, 3.05) is 5.73 Å². The minimum Gasteiger partial charge on any atom is -0.398 e. The van der Waals surface area contributed by atoms with Gasteiger partial charge in [-0.15, -0.1) is 0 Å². The molecule has 3 N–H and O–H groups in total. The molecule has 0 spiro atoms. The number of aromatic nitrogens is 1. The number of benzene rings is 2. The number of nitrogens with one attached hydrogen (secondary N) is 1. The Kier molecular flexibility index (Phi) is 2.95. The Morgan fingerprint density at radius 2 is 2.05 bits per heavy atom. The van der Waals surface area contributed by atoms with Crippen LogP contribution in [0.1, 0.15) is 15.9 Å². The molecular weight excluding hydrogens is 279 g/mol. The number of nitrogens with two attached hydrogens (primary N) is 1. The number of fused-ring (bicyclic) bond motifs is 1. The second-order valence-corrected chi connectivity index (χ2v) is 4.83. The van der Waals surface area contributed by atoms with E-state index in [1.54, 1.807) is 24.3 Å². The topological polar surface area (TPSA) is 58.9 Å². The van der Waals surface area contributed by atoms with Crippen molar-refractivity contribution in [3.63, 3.8) is 0 Å². The predicted octanol–water partition coefficient (Wildman–Crippen LogP) is 3.77. The number of nitrogen functional groups attached to an aromatic ring is 1. The predicted molar refractivity (Wildman–Crippen MR) is 77.6 cm³/mol. The van der Waals surface area contributed by atoms with Crippen molar-refractivity contribution in [2.45, 2.75) is 0 Å². The number of aromatic amines is 1. The van der Waals surface area contributed by atoms with Crippen LogP contribution in [0.5, 0.6) is 0 Å². The van der Waals surface area contributed by atoms with Crippen LogP contribution in [0.15, 0.2) is 42.6 Å². The van der Waals surface area contributed by atoms with Crippen LogP contribution >= 0.6 is 11.6 Å². The van der Waals surface area contributed by atoms with Gasteiger partial charge in [-0.2, -0.15) is 0 Å². The fraction of sp³-hybridized carbons (Fsp3) is 0. The largest absolute Gasteiger partial charge is 0.398 e. The summed E-state index contributed by atoms with van der Waals surface area (Å²) < 4.78 is 13.3. The molecule has 3 rings (SSSR count). The van der Waals surface area contributed by atoms with Gasteiger partial charge in [0.1, 0.15) is 5.82 Å². The van der Waals surface area contributed by atoms with Crippen molar-refractivity contribution in [1.29, 1.82) is 0 Å². The van der Waals surface area contributed by atoms with E-state index >= 15 is 0 Å². The van der Waals surface area contributed by atoms with E-state index in [0.717, 1.165) is 0 Å². The molecule has 0 amide bonds. The van der Waals surface area contributed by atoms with Crippen LogP contribution in [0.2, 0.25) is 5.02 Å². The molecule has 0 saturated heterocycles. The molecule has 0 unspecified atom stereocenters. The van der Waals surface area contributed by atoms with E-state index in [0.29, 0.717) is 22.2 Å². The van der Waals surface area contributed by atoms with Crippen LogP contribution in [0.25, 0.3) is 10.9 Å². The number of H-pyrrole nitrogens is 1. The molecule has 0 aliphatic rings. The van der Waals surface area contributed by atoms with Gasteiger partial charge < -0.3 is 10.7 Å². The molecule has 100 valence electrons. The Morgan fingerprint density at radius 3 is 2.80 bits per heavy atom. The minimum atomic E-state index is -0.404. The van der Waals surface area contributed by atoms with Gasteiger partial charge in [0.05, 0.1) is 10.6 Å². The second-order valence-electron chi connectivity index (χ2n) is 4.43. The summed E-state index contributed by atoms with van der Waals surface area (Å²) >= 11 is 6.04. The van der Waals surface area contributed by atoms with E-state index < -0.39 is 5.82 Å². The van der Waals surface area contributed by atoms with Crippen LogP contribution in [-0.4, -0.2) is 10.8 Å². The third-order valence-electron chi connectivity index (χ3n) is 3.16. The summed E-state index contributed by atoms with van der Waals surface area (Å²) in [5.41, 5.74) is 7.38. The first kappa shape index (κ1) is 12.7. The zero-order valence-corrected chi connectivity index (χ0v) is 11.0. The van der Waals surface area contributed by atoms with Gasteiger partial charge in [-0.3, -0.25) is 4.79 Å². The first-order valence-electron chi connectivity index (χ1n) is 5.93. The third kappa shape index (κ3) is 1.94. The molecule has 3 nitrogen and oxygen atoms in total. The molecule has 20 heavy (non-hydrogen) atoms. The molecule has 5 heteroatoms. The van der Waals surface area contributed by atoms with Crippen molar-refractivity contribution in [1.82, 2.24) is 4.98 Å². The van der Waals surface area contributed by atoms with Gasteiger partial charge in [0.2, 0.25) is 0 Å². The molecular formula is C15H10ClFN2O. The molecule has 0 radical (unpaired) electrons. The van der Waals surface area contributed by atoms with Gasteiger partial charge in [0.25, 0.3) is 0 Å². The summed E-state index contributed by atoms with van der Waals surface area (Å²) in [6.45, 7) is 0. The van der Waals surface area contributed by atoms with Gasteiger partial charge >= 0.3 is 0 Å². The number of carbonyl (C=O) groups excluding carboxylic acids is 1. The number of hydrogen-bond acceptors (Lipinski definition) is 2. The minimum absolute atomic E-state index is 0.235. The van der Waals surface area contributed by atoms with Crippen LogP contribution in [-0.2, 0) is 0 Å². The van der Waals surface area contributed by atoms with Gasteiger partial charge in [-0.05, 0) is 30.3 Å². The number of halogens is 2. The first-order valence-corrected chi connectivity index (χ1v) is 6.31. The van der Waals surface area contributed by atoms with Gasteiger partial charge in [-0.1, -0.05) is 17.7 Å². The van der Waals surface area contributed by atoms with E-state index in [9.17, 15) is 9.18 Å². The van der Waals surface area contributed by atoms with Crippen molar-refractivity contribution < 1.29 is 9.18 Å². The number of anilines is 1. The molecule has 0 saturated carbocycles. The Balaban J connectivity index is 2.21. The van der Waals surface area contributed by atoms with Crippen molar-refractivity contribution in [2.24, 2.45) is 0 Å². The molecule has 0 bridgehead atoms. The lowest BCUT2D eigenvalue weighted by molar-refractivity contribution is 0.104. The standard InChI is InChI=1S/C15H10ClFN2O/c16-11-2-1-3-12(18)14(11)15(20)10-7-19-13-5-4-8(17)6-9(10)13/h1-7,19H,18H2. The van der Waals surface area contributed by atoms with E-state index in [1.165, 1.54) is 18.3 Å². The average Bonchev–Trinajstić information content (AvgIpc) is 2.81. The fourth-order valence-corrected chi connectivity index (χ4v) is 2.46. The Hall–Kier alpha value is -2.33. The Morgan fingerprint density at radius 1 is 1.25 bits per heavy atom. The number of rotatable bonds is 2. The molecule has 2 aromatic carbocycles. The highest BCUT2D eigenvalue weighted by Gasteiger charge is 2.19. The Bertz CT molecular complexity index is 806. The van der Waals surface area contributed by atoms with Crippen LogP contribution in [0.4, 0.5) is 10.1 Å². The van der Waals surface area contributed by atoms with Gasteiger partial charge in [0, 0.05) is 28.4 Å². The average molecular weight is 289 g/mol. The maximum atomic E-state index is 13.3. The summed E-state index contributed by atoms with van der Waals surface area (Å²) in [7, 11) is 0. The van der Waals surface area contributed by atoms with E-state index in [-0.39, 0.29) is 16.4 Å². The summed E-state index contributed by atoms with van der Waals surface area (Å²) in [6, 6.07) is 9.10. The normalized spacial score (nSPS) is 10.9. The highest BCUT2D eigenvalue weighted by Crippen LogP contribution is 2.28. The number of hydrogen-bond donors (Lipinski definition) is 2. The maximum Gasteiger partial charge on any atom is 0.198 e.